The second kappa shape index (κ2) is 8.91. The van der Waals surface area contributed by atoms with E-state index in [-0.39, 0.29) is 5.91 Å². The fraction of sp³-hybridized carbons (Fsp3) is 0.0690. The molecule has 1 aliphatic rings. The summed E-state index contributed by atoms with van der Waals surface area (Å²) in [7, 11) is 0. The van der Waals surface area contributed by atoms with Crippen LogP contribution in [0.3, 0.4) is 0 Å². The fourth-order valence-corrected chi connectivity index (χ4v) is 4.26. The number of carbonyl (C=O) groups excluding carboxylic acids is 1. The second-order valence-electron chi connectivity index (χ2n) is 8.23. The predicted molar refractivity (Wildman–Crippen MR) is 134 cm³/mol. The van der Waals surface area contributed by atoms with E-state index in [9.17, 15) is 4.79 Å². The van der Waals surface area contributed by atoms with Crippen LogP contribution in [-0.2, 0) is 13.2 Å². The largest absolute Gasteiger partial charge is 0.473 e. The number of aromatic nitrogens is 2. The van der Waals surface area contributed by atoms with E-state index >= 15 is 0 Å². The topological polar surface area (TPSA) is 64.6 Å². The molecule has 5 aromatic rings. The van der Waals surface area contributed by atoms with Gasteiger partial charge in [0.2, 0.25) is 11.8 Å². The van der Waals surface area contributed by atoms with Crippen LogP contribution < -0.4 is 14.4 Å². The number of ether oxygens (including phenoxy) is 2. The predicted octanol–water partition coefficient (Wildman–Crippen LogP) is 6.08. The number of rotatable bonds is 7. The van der Waals surface area contributed by atoms with Crippen molar-refractivity contribution in [2.45, 2.75) is 13.2 Å². The Bertz CT molecular complexity index is 1520. The van der Waals surface area contributed by atoms with Crippen molar-refractivity contribution < 1.29 is 14.3 Å². The highest BCUT2D eigenvalue weighted by molar-refractivity contribution is 6.27. The van der Waals surface area contributed by atoms with Crippen LogP contribution in [0.2, 0.25) is 0 Å². The van der Waals surface area contributed by atoms with Gasteiger partial charge in [-0.15, -0.1) is 0 Å². The molecule has 3 aromatic carbocycles. The molecule has 0 N–H and O–H groups in total. The molecular formula is C29H21N3O3. The van der Waals surface area contributed by atoms with Crippen molar-refractivity contribution in [1.29, 1.82) is 0 Å². The van der Waals surface area contributed by atoms with E-state index in [0.717, 1.165) is 27.6 Å². The van der Waals surface area contributed by atoms with Crippen LogP contribution in [0.15, 0.2) is 103 Å². The van der Waals surface area contributed by atoms with Crippen molar-refractivity contribution in [1.82, 2.24) is 9.97 Å². The van der Waals surface area contributed by atoms with Gasteiger partial charge in [0.05, 0.1) is 11.3 Å². The van der Waals surface area contributed by atoms with Crippen LogP contribution in [0.4, 0.5) is 11.4 Å². The average Bonchev–Trinajstić information content (AvgIpc) is 3.20. The monoisotopic (exact) mass is 459 g/mol. The van der Waals surface area contributed by atoms with Crippen molar-refractivity contribution in [3.63, 3.8) is 0 Å². The standard InChI is InChI=1S/C29H21N3O3/c33-29-23-17-30-16-22-12-7-13-24(27(22)23)32(29)25-14-15-26(34-18-20-8-3-1-4-9-20)31-28(25)35-19-21-10-5-2-6-11-21/h1-17H,18-19H2. The number of benzene rings is 3. The molecule has 6 rings (SSSR count). The maximum absolute atomic E-state index is 13.5. The highest BCUT2D eigenvalue weighted by Gasteiger charge is 2.33. The van der Waals surface area contributed by atoms with Gasteiger partial charge in [0.1, 0.15) is 18.9 Å². The van der Waals surface area contributed by atoms with Crippen molar-refractivity contribution >= 4 is 28.1 Å². The molecule has 0 saturated heterocycles. The molecule has 0 unspecified atom stereocenters. The minimum absolute atomic E-state index is 0.159. The Hall–Kier alpha value is -4.71. The van der Waals surface area contributed by atoms with E-state index in [1.807, 2.05) is 84.9 Å². The highest BCUT2D eigenvalue weighted by Crippen LogP contribution is 2.44. The first kappa shape index (κ1) is 20.9. The van der Waals surface area contributed by atoms with Gasteiger partial charge in [0.15, 0.2) is 0 Å². The zero-order chi connectivity index (χ0) is 23.6. The first-order valence-electron chi connectivity index (χ1n) is 11.3. The lowest BCUT2D eigenvalue weighted by Gasteiger charge is -2.21. The quantitative estimate of drug-likeness (QED) is 0.295. The van der Waals surface area contributed by atoms with Crippen LogP contribution >= 0.6 is 0 Å². The maximum Gasteiger partial charge on any atom is 0.265 e. The zero-order valence-corrected chi connectivity index (χ0v) is 18.8. The Morgan fingerprint density at radius 3 is 2.14 bits per heavy atom. The molecule has 3 heterocycles. The summed E-state index contributed by atoms with van der Waals surface area (Å²) in [4.78, 5) is 24.0. The van der Waals surface area contributed by atoms with E-state index in [0.29, 0.717) is 36.2 Å². The molecule has 1 aliphatic heterocycles. The third-order valence-electron chi connectivity index (χ3n) is 5.94. The SMILES string of the molecule is O=C1c2cncc3cccc(c23)N1c1ccc(OCc2ccccc2)nc1OCc1ccccc1. The minimum Gasteiger partial charge on any atom is -0.473 e. The fourth-order valence-electron chi connectivity index (χ4n) is 4.26. The number of nitrogens with zero attached hydrogens (tertiary/aromatic N) is 3. The van der Waals surface area contributed by atoms with Crippen molar-refractivity contribution in [3.05, 3.63) is 120 Å². The van der Waals surface area contributed by atoms with Gasteiger partial charge < -0.3 is 9.47 Å². The molecule has 0 spiro atoms. The van der Waals surface area contributed by atoms with E-state index in [2.05, 4.69) is 9.97 Å². The molecule has 0 fully saturated rings. The molecule has 6 nitrogen and oxygen atoms in total. The second-order valence-corrected chi connectivity index (χ2v) is 8.23. The summed E-state index contributed by atoms with van der Waals surface area (Å²) in [6.07, 6.45) is 3.38. The third-order valence-corrected chi connectivity index (χ3v) is 5.94. The van der Waals surface area contributed by atoms with Gasteiger partial charge in [-0.1, -0.05) is 72.8 Å². The smallest absolute Gasteiger partial charge is 0.265 e. The van der Waals surface area contributed by atoms with Gasteiger partial charge in [-0.3, -0.25) is 14.7 Å². The van der Waals surface area contributed by atoms with E-state index in [1.54, 1.807) is 23.4 Å². The van der Waals surface area contributed by atoms with Gasteiger partial charge >= 0.3 is 0 Å². The molecule has 0 aliphatic carbocycles. The molecule has 1 amide bonds. The lowest BCUT2D eigenvalue weighted by molar-refractivity contribution is 0.100. The van der Waals surface area contributed by atoms with Gasteiger partial charge in [0.25, 0.3) is 5.91 Å². The van der Waals surface area contributed by atoms with Crippen LogP contribution in [0.1, 0.15) is 21.5 Å². The zero-order valence-electron chi connectivity index (χ0n) is 18.8. The Kier molecular flexibility index (Phi) is 5.31. The molecule has 0 saturated carbocycles. The van der Waals surface area contributed by atoms with Crippen molar-refractivity contribution in [2.24, 2.45) is 0 Å². The molecule has 35 heavy (non-hydrogen) atoms. The summed E-state index contributed by atoms with van der Waals surface area (Å²) in [5, 5.41) is 1.80. The molecule has 0 bridgehead atoms. The molecule has 6 heteroatoms. The van der Waals surface area contributed by atoms with Crippen LogP contribution in [0, 0.1) is 0 Å². The molecular weight excluding hydrogens is 438 g/mol. The van der Waals surface area contributed by atoms with Gasteiger partial charge in [0, 0.05) is 29.2 Å². The van der Waals surface area contributed by atoms with E-state index < -0.39 is 0 Å². The molecule has 2 aromatic heterocycles. The Morgan fingerprint density at radius 2 is 1.40 bits per heavy atom. The molecule has 0 atom stereocenters. The van der Waals surface area contributed by atoms with Gasteiger partial charge in [-0.2, -0.15) is 4.98 Å². The summed E-state index contributed by atoms with van der Waals surface area (Å²) in [6.45, 7) is 0.689. The summed E-state index contributed by atoms with van der Waals surface area (Å²) >= 11 is 0. The normalized spacial score (nSPS) is 12.2. The molecule has 0 radical (unpaired) electrons. The minimum atomic E-state index is -0.159. The van der Waals surface area contributed by atoms with Gasteiger partial charge in [-0.05, 0) is 23.3 Å². The number of hydrogen-bond donors (Lipinski definition) is 0. The summed E-state index contributed by atoms with van der Waals surface area (Å²) < 4.78 is 12.1. The van der Waals surface area contributed by atoms with E-state index in [1.165, 1.54) is 0 Å². The molecule has 170 valence electrons. The number of hydrogen-bond acceptors (Lipinski definition) is 5. The van der Waals surface area contributed by atoms with E-state index in [4.69, 9.17) is 9.47 Å². The lowest BCUT2D eigenvalue weighted by Crippen LogP contribution is -2.22. The Balaban J connectivity index is 1.37. The van der Waals surface area contributed by atoms with Crippen molar-refractivity contribution in [2.75, 3.05) is 4.90 Å². The maximum atomic E-state index is 13.5. The Morgan fingerprint density at radius 1 is 0.686 bits per heavy atom. The van der Waals surface area contributed by atoms with Crippen LogP contribution in [0.5, 0.6) is 11.8 Å². The number of amides is 1. The summed E-state index contributed by atoms with van der Waals surface area (Å²) in [6, 6.07) is 29.1. The Labute approximate surface area is 202 Å². The highest BCUT2D eigenvalue weighted by atomic mass is 16.5. The average molecular weight is 460 g/mol. The number of pyridine rings is 2. The summed E-state index contributed by atoms with van der Waals surface area (Å²) in [5.74, 6) is 0.587. The first-order valence-corrected chi connectivity index (χ1v) is 11.3. The number of carbonyl (C=O) groups is 1. The summed E-state index contributed by atoms with van der Waals surface area (Å²) in [5.41, 5.74) is 3.94. The third kappa shape index (κ3) is 3.95. The van der Waals surface area contributed by atoms with Crippen LogP contribution in [-0.4, -0.2) is 15.9 Å². The first-order chi connectivity index (χ1) is 17.3. The van der Waals surface area contributed by atoms with Gasteiger partial charge in [-0.25, -0.2) is 0 Å². The lowest BCUT2D eigenvalue weighted by atomic mass is 10.1. The van der Waals surface area contributed by atoms with Crippen LogP contribution in [0.25, 0.3) is 10.8 Å². The number of anilines is 2. The van der Waals surface area contributed by atoms with Crippen molar-refractivity contribution in [3.8, 4) is 11.8 Å².